The molecule has 0 N–H and O–H groups in total. The van der Waals surface area contributed by atoms with Gasteiger partial charge in [-0.2, -0.15) is 0 Å². The third-order valence-electron chi connectivity index (χ3n) is 5.37. The summed E-state index contributed by atoms with van der Waals surface area (Å²) >= 11 is 0. The Labute approximate surface area is 146 Å². The van der Waals surface area contributed by atoms with Gasteiger partial charge in [0.1, 0.15) is 18.0 Å². The molecule has 1 saturated carbocycles. The van der Waals surface area contributed by atoms with Crippen LogP contribution in [0.2, 0.25) is 0 Å². The molecule has 5 rings (SSSR count). The van der Waals surface area contributed by atoms with Gasteiger partial charge < -0.3 is 9.80 Å². The van der Waals surface area contributed by atoms with E-state index >= 15 is 0 Å². The molecule has 4 heterocycles. The number of imidazole rings is 1. The number of rotatable bonds is 3. The molecule has 25 heavy (non-hydrogen) atoms. The van der Waals surface area contributed by atoms with Crippen molar-refractivity contribution in [3.63, 3.8) is 0 Å². The van der Waals surface area contributed by atoms with E-state index in [4.69, 9.17) is 0 Å². The zero-order valence-electron chi connectivity index (χ0n) is 14.1. The molecular formula is C18H21N7. The van der Waals surface area contributed by atoms with Gasteiger partial charge in [-0.1, -0.05) is 6.42 Å². The molecule has 7 nitrogen and oxygen atoms in total. The van der Waals surface area contributed by atoms with E-state index in [9.17, 15) is 0 Å². The number of anilines is 2. The van der Waals surface area contributed by atoms with Crippen LogP contribution in [0.1, 0.15) is 30.9 Å². The topological polar surface area (TPSA) is 62.5 Å². The minimum absolute atomic E-state index is 0.647. The summed E-state index contributed by atoms with van der Waals surface area (Å²) in [6.45, 7) is 3.78. The molecular weight excluding hydrogens is 314 g/mol. The van der Waals surface area contributed by atoms with E-state index in [1.807, 2.05) is 16.8 Å². The van der Waals surface area contributed by atoms with Gasteiger partial charge in [-0.3, -0.25) is 0 Å². The van der Waals surface area contributed by atoms with Crippen LogP contribution in [0.15, 0.2) is 36.9 Å². The number of piperazine rings is 1. The minimum atomic E-state index is 0.647. The van der Waals surface area contributed by atoms with Crippen molar-refractivity contribution in [1.82, 2.24) is 24.6 Å². The third kappa shape index (κ3) is 2.69. The number of hydrogen-bond acceptors (Lipinski definition) is 6. The Balaban J connectivity index is 1.29. The second kappa shape index (κ2) is 5.98. The smallest absolute Gasteiger partial charge is 0.153 e. The van der Waals surface area contributed by atoms with Crippen LogP contribution in [-0.2, 0) is 0 Å². The van der Waals surface area contributed by atoms with Crippen LogP contribution in [0.25, 0.3) is 5.65 Å². The van der Waals surface area contributed by atoms with Gasteiger partial charge in [-0.15, -0.1) is 5.10 Å². The molecule has 1 aliphatic heterocycles. The lowest BCUT2D eigenvalue weighted by atomic mass is 9.83. The van der Waals surface area contributed by atoms with Gasteiger partial charge in [0.25, 0.3) is 0 Å². The molecule has 3 aromatic rings. The number of hydrogen-bond donors (Lipinski definition) is 0. The van der Waals surface area contributed by atoms with Crippen LogP contribution in [0, 0.1) is 0 Å². The van der Waals surface area contributed by atoms with Crippen molar-refractivity contribution in [2.24, 2.45) is 0 Å². The first-order chi connectivity index (χ1) is 12.4. The number of nitrogens with zero attached hydrogens (tertiary/aromatic N) is 7. The molecule has 0 aromatic carbocycles. The summed E-state index contributed by atoms with van der Waals surface area (Å²) in [7, 11) is 0. The Morgan fingerprint density at radius 1 is 0.880 bits per heavy atom. The lowest BCUT2D eigenvalue weighted by Gasteiger charge is -2.36. The maximum atomic E-state index is 4.65. The van der Waals surface area contributed by atoms with Crippen molar-refractivity contribution in [1.29, 1.82) is 0 Å². The first-order valence-electron chi connectivity index (χ1n) is 8.99. The Hall–Kier alpha value is -2.70. The van der Waals surface area contributed by atoms with Crippen molar-refractivity contribution >= 4 is 17.3 Å². The highest BCUT2D eigenvalue weighted by atomic mass is 15.4. The van der Waals surface area contributed by atoms with Gasteiger partial charge in [0.2, 0.25) is 0 Å². The van der Waals surface area contributed by atoms with Gasteiger partial charge in [0, 0.05) is 56.3 Å². The molecule has 0 unspecified atom stereocenters. The van der Waals surface area contributed by atoms with Crippen LogP contribution in [0.3, 0.4) is 0 Å². The maximum Gasteiger partial charge on any atom is 0.153 e. The second-order valence-electron chi connectivity index (χ2n) is 6.82. The van der Waals surface area contributed by atoms with E-state index < -0.39 is 0 Å². The van der Waals surface area contributed by atoms with Gasteiger partial charge >= 0.3 is 0 Å². The fraction of sp³-hybridized carbons (Fsp3) is 0.444. The standard InChI is InChI=1S/C18H21N7/c1-2-14(3-1)15-12-18(21-13-20-15)24-10-8-23(9-11-24)17-5-4-16-19-6-7-25(16)22-17/h4-7,12-14H,1-3,8-11H2. The van der Waals surface area contributed by atoms with E-state index in [-0.39, 0.29) is 0 Å². The molecule has 0 radical (unpaired) electrons. The Bertz CT molecular complexity index is 878. The Morgan fingerprint density at radius 2 is 1.68 bits per heavy atom. The fourth-order valence-corrected chi connectivity index (χ4v) is 3.60. The van der Waals surface area contributed by atoms with Crippen molar-refractivity contribution in [3.8, 4) is 0 Å². The lowest BCUT2D eigenvalue weighted by molar-refractivity contribution is 0.410. The predicted molar refractivity (Wildman–Crippen MR) is 96.0 cm³/mol. The fourth-order valence-electron chi connectivity index (χ4n) is 3.60. The molecule has 7 heteroatoms. The maximum absolute atomic E-state index is 4.65. The van der Waals surface area contributed by atoms with Crippen LogP contribution >= 0.6 is 0 Å². The normalized spacial score (nSPS) is 18.6. The molecule has 2 aliphatic rings. The van der Waals surface area contributed by atoms with Gasteiger partial charge in [-0.05, 0) is 25.0 Å². The van der Waals surface area contributed by atoms with Crippen molar-refractivity contribution in [2.75, 3.05) is 36.0 Å². The van der Waals surface area contributed by atoms with E-state index in [1.54, 1.807) is 12.5 Å². The predicted octanol–water partition coefficient (Wildman–Crippen LogP) is 2.11. The minimum Gasteiger partial charge on any atom is -0.353 e. The number of fused-ring (bicyclic) bond motifs is 1. The summed E-state index contributed by atoms with van der Waals surface area (Å²) in [5.41, 5.74) is 2.10. The van der Waals surface area contributed by atoms with Crippen LogP contribution in [0.5, 0.6) is 0 Å². The molecule has 0 bridgehead atoms. The van der Waals surface area contributed by atoms with E-state index in [1.165, 1.54) is 25.0 Å². The summed E-state index contributed by atoms with van der Waals surface area (Å²) < 4.78 is 1.83. The highest BCUT2D eigenvalue weighted by Crippen LogP contribution is 2.35. The summed E-state index contributed by atoms with van der Waals surface area (Å²) in [6.07, 6.45) is 9.26. The first-order valence-corrected chi connectivity index (χ1v) is 8.99. The molecule has 1 aliphatic carbocycles. The quantitative estimate of drug-likeness (QED) is 0.730. The molecule has 0 amide bonds. The summed E-state index contributed by atoms with van der Waals surface area (Å²) in [5, 5.41) is 4.65. The monoisotopic (exact) mass is 335 g/mol. The number of aromatic nitrogens is 5. The molecule has 0 atom stereocenters. The van der Waals surface area contributed by atoms with Gasteiger partial charge in [-0.25, -0.2) is 19.5 Å². The molecule has 1 saturated heterocycles. The zero-order chi connectivity index (χ0) is 16.6. The van der Waals surface area contributed by atoms with Crippen molar-refractivity contribution in [2.45, 2.75) is 25.2 Å². The Morgan fingerprint density at radius 3 is 2.44 bits per heavy atom. The van der Waals surface area contributed by atoms with E-state index in [0.717, 1.165) is 43.5 Å². The van der Waals surface area contributed by atoms with Gasteiger partial charge in [0.05, 0.1) is 0 Å². The largest absolute Gasteiger partial charge is 0.353 e. The summed E-state index contributed by atoms with van der Waals surface area (Å²) in [6, 6.07) is 6.26. The molecule has 128 valence electrons. The van der Waals surface area contributed by atoms with E-state index in [2.05, 4.69) is 42.0 Å². The Kier molecular flexibility index (Phi) is 3.50. The summed E-state index contributed by atoms with van der Waals surface area (Å²) in [5.74, 6) is 2.71. The lowest BCUT2D eigenvalue weighted by Crippen LogP contribution is -2.47. The third-order valence-corrected chi connectivity index (χ3v) is 5.37. The van der Waals surface area contributed by atoms with Crippen LogP contribution in [-0.4, -0.2) is 50.7 Å². The van der Waals surface area contributed by atoms with E-state index in [0.29, 0.717) is 5.92 Å². The van der Waals surface area contributed by atoms with Crippen LogP contribution < -0.4 is 9.80 Å². The highest BCUT2D eigenvalue weighted by molar-refractivity contribution is 5.48. The van der Waals surface area contributed by atoms with Crippen molar-refractivity contribution in [3.05, 3.63) is 42.6 Å². The molecule has 3 aromatic heterocycles. The van der Waals surface area contributed by atoms with Crippen LogP contribution in [0.4, 0.5) is 11.6 Å². The second-order valence-corrected chi connectivity index (χ2v) is 6.82. The molecule has 2 fully saturated rings. The average Bonchev–Trinajstić information content (AvgIpc) is 3.08. The van der Waals surface area contributed by atoms with Crippen molar-refractivity contribution < 1.29 is 0 Å². The van der Waals surface area contributed by atoms with Gasteiger partial charge in [0.15, 0.2) is 5.65 Å². The average molecular weight is 335 g/mol. The highest BCUT2D eigenvalue weighted by Gasteiger charge is 2.24. The summed E-state index contributed by atoms with van der Waals surface area (Å²) in [4.78, 5) is 17.9. The molecule has 0 spiro atoms. The zero-order valence-corrected chi connectivity index (χ0v) is 14.1. The SMILES string of the molecule is c1nc(C2CCC2)cc(N2CCN(c3ccc4nccn4n3)CC2)n1. The first kappa shape index (κ1) is 14.6.